The molecule has 0 aliphatic carbocycles. The third kappa shape index (κ3) is 9.45. The van der Waals surface area contributed by atoms with E-state index in [-0.39, 0.29) is 41.2 Å². The first-order valence-electron chi connectivity index (χ1n) is 12.1. The Labute approximate surface area is 224 Å². The van der Waals surface area contributed by atoms with Gasteiger partial charge in [-0.25, -0.2) is 4.98 Å². The molecule has 0 radical (unpaired) electrons. The molecule has 0 aliphatic rings. The molecule has 0 N–H and O–H groups in total. The van der Waals surface area contributed by atoms with E-state index in [0.29, 0.717) is 5.56 Å². The Hall–Kier alpha value is -3.83. The number of Topliss-reactive ketones (excluding diaryl/α,β-unsaturated/α-hetero) is 1. The summed E-state index contributed by atoms with van der Waals surface area (Å²) in [4.78, 5) is 41.0. The van der Waals surface area contributed by atoms with E-state index in [0.717, 1.165) is 0 Å². The summed E-state index contributed by atoms with van der Waals surface area (Å²) < 4.78 is 62.4. The van der Waals surface area contributed by atoms with Crippen molar-refractivity contribution in [2.45, 2.75) is 59.4 Å². The molecular formula is C27H32F3NO8. The number of pyridine rings is 1. The fourth-order valence-electron chi connectivity index (χ4n) is 4.02. The Morgan fingerprint density at radius 2 is 1.64 bits per heavy atom. The number of hydrogen-bond acceptors (Lipinski definition) is 9. The molecule has 0 saturated carbocycles. The standard InChI is InChI=1S/C27H32F3NO8/c1-15(2)23(19-7-9-20(10-8-19)39-27(28,29)30)17(4)38-26(34)16(3)13-21(33)24-25(37-14-36-18(5)32)22(35-6)11-12-31-24/h7-12,15-17,23H,13-14H2,1-6H3/t16-,17+,23-/m1/s1. The van der Waals surface area contributed by atoms with E-state index in [2.05, 4.69) is 9.72 Å². The second kappa shape index (κ2) is 13.8. The monoisotopic (exact) mass is 555 g/mol. The summed E-state index contributed by atoms with van der Waals surface area (Å²) in [6.45, 7) is 7.74. The molecule has 0 spiro atoms. The predicted molar refractivity (Wildman–Crippen MR) is 132 cm³/mol. The van der Waals surface area contributed by atoms with E-state index in [1.807, 2.05) is 13.8 Å². The molecule has 2 rings (SSSR count). The first kappa shape index (κ1) is 31.4. The molecule has 1 heterocycles. The Kier molecular flexibility index (Phi) is 11.1. The molecule has 0 bridgehead atoms. The van der Waals surface area contributed by atoms with E-state index in [1.165, 1.54) is 57.5 Å². The van der Waals surface area contributed by atoms with Crippen LogP contribution in [0, 0.1) is 11.8 Å². The third-order valence-electron chi connectivity index (χ3n) is 5.74. The number of benzene rings is 1. The van der Waals surface area contributed by atoms with Crippen molar-refractivity contribution in [1.82, 2.24) is 4.98 Å². The lowest BCUT2D eigenvalue weighted by molar-refractivity contribution is -0.274. The highest BCUT2D eigenvalue weighted by molar-refractivity contribution is 5.99. The number of esters is 2. The Bertz CT molecular complexity index is 1130. The number of carbonyl (C=O) groups is 3. The summed E-state index contributed by atoms with van der Waals surface area (Å²) in [5.74, 6) is -3.16. The lowest BCUT2D eigenvalue weighted by Gasteiger charge is -2.29. The van der Waals surface area contributed by atoms with Gasteiger partial charge in [-0.15, -0.1) is 13.2 Å². The fraction of sp³-hybridized carbons (Fsp3) is 0.481. The van der Waals surface area contributed by atoms with Crippen LogP contribution in [-0.4, -0.2) is 49.1 Å². The molecule has 12 heteroatoms. The van der Waals surface area contributed by atoms with Gasteiger partial charge < -0.3 is 23.7 Å². The van der Waals surface area contributed by atoms with Gasteiger partial charge in [0, 0.05) is 31.5 Å². The number of hydrogen-bond donors (Lipinski definition) is 0. The van der Waals surface area contributed by atoms with Crippen LogP contribution >= 0.6 is 0 Å². The smallest absolute Gasteiger partial charge is 0.493 e. The van der Waals surface area contributed by atoms with Crippen LogP contribution in [-0.2, 0) is 19.1 Å². The average Bonchev–Trinajstić information content (AvgIpc) is 2.83. The average molecular weight is 556 g/mol. The summed E-state index contributed by atoms with van der Waals surface area (Å²) in [6.07, 6.45) is -4.37. The minimum Gasteiger partial charge on any atom is -0.493 e. The van der Waals surface area contributed by atoms with Gasteiger partial charge in [0.1, 0.15) is 11.9 Å². The number of methoxy groups -OCH3 is 1. The normalized spacial score (nSPS) is 13.7. The molecule has 3 atom stereocenters. The van der Waals surface area contributed by atoms with Crippen LogP contribution in [0.15, 0.2) is 36.5 Å². The van der Waals surface area contributed by atoms with E-state index in [4.69, 9.17) is 18.9 Å². The Morgan fingerprint density at radius 3 is 2.18 bits per heavy atom. The highest BCUT2D eigenvalue weighted by atomic mass is 19.4. The first-order valence-corrected chi connectivity index (χ1v) is 12.1. The van der Waals surface area contributed by atoms with Crippen molar-refractivity contribution < 1.29 is 51.2 Å². The Balaban J connectivity index is 2.11. The summed E-state index contributed by atoms with van der Waals surface area (Å²) in [7, 11) is 1.37. The second-order valence-corrected chi connectivity index (χ2v) is 9.15. The van der Waals surface area contributed by atoms with Gasteiger partial charge in [0.05, 0.1) is 13.0 Å². The van der Waals surface area contributed by atoms with Gasteiger partial charge in [0.25, 0.3) is 0 Å². The lowest BCUT2D eigenvalue weighted by atomic mass is 9.84. The van der Waals surface area contributed by atoms with E-state index < -0.39 is 42.9 Å². The molecule has 39 heavy (non-hydrogen) atoms. The largest absolute Gasteiger partial charge is 0.573 e. The van der Waals surface area contributed by atoms with E-state index in [1.54, 1.807) is 6.92 Å². The van der Waals surface area contributed by atoms with Crippen molar-refractivity contribution in [2.75, 3.05) is 13.9 Å². The predicted octanol–water partition coefficient (Wildman–Crippen LogP) is 5.47. The second-order valence-electron chi connectivity index (χ2n) is 9.15. The number of ketones is 1. The topological polar surface area (TPSA) is 110 Å². The zero-order valence-corrected chi connectivity index (χ0v) is 22.5. The zero-order chi connectivity index (χ0) is 29.3. The quantitative estimate of drug-likeness (QED) is 0.181. The molecule has 0 amide bonds. The SMILES string of the molecule is COc1ccnc(C(=O)C[C@@H](C)C(=O)O[C@@H](C)[C@H](c2ccc(OC(F)(F)F)cc2)C(C)C)c1OCOC(C)=O. The highest BCUT2D eigenvalue weighted by Gasteiger charge is 2.32. The van der Waals surface area contributed by atoms with Gasteiger partial charge >= 0.3 is 18.3 Å². The zero-order valence-electron chi connectivity index (χ0n) is 22.5. The van der Waals surface area contributed by atoms with E-state index >= 15 is 0 Å². The van der Waals surface area contributed by atoms with Gasteiger partial charge in [-0.3, -0.25) is 14.4 Å². The van der Waals surface area contributed by atoms with Crippen LogP contribution in [0.25, 0.3) is 0 Å². The third-order valence-corrected chi connectivity index (χ3v) is 5.74. The molecule has 0 aliphatic heterocycles. The maximum absolute atomic E-state index is 13.0. The van der Waals surface area contributed by atoms with Crippen molar-refractivity contribution in [2.24, 2.45) is 11.8 Å². The summed E-state index contributed by atoms with van der Waals surface area (Å²) in [6, 6.07) is 6.86. The van der Waals surface area contributed by atoms with Crippen LogP contribution < -0.4 is 14.2 Å². The van der Waals surface area contributed by atoms with Gasteiger partial charge in [0.15, 0.2) is 23.0 Å². The van der Waals surface area contributed by atoms with Gasteiger partial charge in [-0.1, -0.05) is 32.9 Å². The van der Waals surface area contributed by atoms with Crippen LogP contribution in [0.4, 0.5) is 13.2 Å². The van der Waals surface area contributed by atoms with Crippen molar-refractivity contribution in [3.63, 3.8) is 0 Å². The summed E-state index contributed by atoms with van der Waals surface area (Å²) in [5, 5.41) is 0. The molecule has 0 unspecified atom stereocenters. The molecule has 2 aromatic rings. The minimum atomic E-state index is -4.80. The minimum absolute atomic E-state index is 0.0296. The number of alkyl halides is 3. The number of carbonyl (C=O) groups excluding carboxylic acids is 3. The van der Waals surface area contributed by atoms with Crippen LogP contribution in [0.3, 0.4) is 0 Å². The molecule has 214 valence electrons. The number of ether oxygens (including phenoxy) is 5. The summed E-state index contributed by atoms with van der Waals surface area (Å²) >= 11 is 0. The maximum Gasteiger partial charge on any atom is 0.573 e. The number of aromatic nitrogens is 1. The molecule has 1 aromatic carbocycles. The number of halogens is 3. The van der Waals surface area contributed by atoms with Gasteiger partial charge in [0.2, 0.25) is 6.79 Å². The van der Waals surface area contributed by atoms with Crippen LogP contribution in [0.5, 0.6) is 17.2 Å². The van der Waals surface area contributed by atoms with Crippen molar-refractivity contribution in [1.29, 1.82) is 0 Å². The van der Waals surface area contributed by atoms with Crippen LogP contribution in [0.1, 0.15) is 63.0 Å². The fourth-order valence-corrected chi connectivity index (χ4v) is 4.02. The lowest BCUT2D eigenvalue weighted by Crippen LogP contribution is -2.29. The maximum atomic E-state index is 13.0. The van der Waals surface area contributed by atoms with E-state index in [9.17, 15) is 27.6 Å². The summed E-state index contributed by atoms with van der Waals surface area (Å²) in [5.41, 5.74) is 0.564. The van der Waals surface area contributed by atoms with Crippen molar-refractivity contribution in [3.05, 3.63) is 47.8 Å². The van der Waals surface area contributed by atoms with Gasteiger partial charge in [-0.2, -0.15) is 0 Å². The Morgan fingerprint density at radius 1 is 1.00 bits per heavy atom. The van der Waals surface area contributed by atoms with Gasteiger partial charge in [-0.05, 0) is 30.5 Å². The van der Waals surface area contributed by atoms with Crippen LogP contribution in [0.2, 0.25) is 0 Å². The molecule has 0 fully saturated rings. The molecular weight excluding hydrogens is 523 g/mol. The number of nitrogens with zero attached hydrogens (tertiary/aromatic N) is 1. The first-order chi connectivity index (χ1) is 18.2. The van der Waals surface area contributed by atoms with Crippen molar-refractivity contribution in [3.8, 4) is 17.2 Å². The number of rotatable bonds is 13. The highest BCUT2D eigenvalue weighted by Crippen LogP contribution is 2.34. The molecule has 0 saturated heterocycles. The molecule has 9 nitrogen and oxygen atoms in total. The molecule has 1 aromatic heterocycles. The van der Waals surface area contributed by atoms with Crippen molar-refractivity contribution >= 4 is 17.7 Å².